The molecule has 0 aliphatic rings. The van der Waals surface area contributed by atoms with Crippen molar-refractivity contribution >= 4 is 95.5 Å². The minimum atomic E-state index is -5.16. The third kappa shape index (κ3) is 16.6. The van der Waals surface area contributed by atoms with E-state index < -0.39 is 93.8 Å². The summed E-state index contributed by atoms with van der Waals surface area (Å²) in [5.74, 6) is -7.78. The predicted octanol–water partition coefficient (Wildman–Crippen LogP) is -6.75. The molecule has 348 valence electrons. The number of carboxylic acid groups (broad SMARTS) is 2. The summed E-state index contributed by atoms with van der Waals surface area (Å²) in [4.78, 5) is 59.1. The zero-order valence-electron chi connectivity index (χ0n) is 38.7. The van der Waals surface area contributed by atoms with Crippen molar-refractivity contribution in [2.45, 2.75) is 23.6 Å². The van der Waals surface area contributed by atoms with Crippen LogP contribution in [0.15, 0.2) is 139 Å². The van der Waals surface area contributed by atoms with Gasteiger partial charge in [-0.15, -0.1) is 0 Å². The maximum atomic E-state index is 12.9. The quantitative estimate of drug-likeness (QED) is 0.0256. The van der Waals surface area contributed by atoms with Crippen LogP contribution in [0.2, 0.25) is 0 Å². The van der Waals surface area contributed by atoms with E-state index in [-0.39, 0.29) is 129 Å². The van der Waals surface area contributed by atoms with Crippen molar-refractivity contribution in [1.29, 1.82) is 0 Å². The number of hydrogen-bond donors (Lipinski definition) is 6. The van der Waals surface area contributed by atoms with Crippen LogP contribution in [0.1, 0.15) is 52.6 Å². The van der Waals surface area contributed by atoms with Crippen LogP contribution in [0.4, 0.5) is 50.3 Å². The van der Waals surface area contributed by atoms with Gasteiger partial charge in [0.15, 0.2) is 0 Å². The molecule has 0 saturated carbocycles. The molecule has 6 aromatic rings. The number of aryl methyl sites for hydroxylation is 2. The van der Waals surface area contributed by atoms with Gasteiger partial charge < -0.3 is 60.4 Å². The SMILES string of the molecule is Cc1cc(NC(=O)Nc2ccc(N=Nc3ccc(C(=O)Nc4cc(S(=O)(=O)[O-])cc(C(=O)[O-])c4O)cc3)c(C)c2)ccc1N=Nc1ccc(C(=O)Nc2cc(S(=O)(=O)[O-])cc(C(=O)[O-])c2O)cc1.[Na+].[Na+].[Na+].[Na+]. The molecular weight excluding hydrogens is 1020 g/mol. The van der Waals surface area contributed by atoms with Crippen molar-refractivity contribution in [3.05, 3.63) is 143 Å². The number of carbonyl (C=O) groups excluding carboxylic acids is 5. The number of carboxylic acids is 2. The van der Waals surface area contributed by atoms with Crippen molar-refractivity contribution in [1.82, 2.24) is 0 Å². The van der Waals surface area contributed by atoms with E-state index in [1.54, 1.807) is 50.2 Å². The molecule has 0 spiro atoms. The van der Waals surface area contributed by atoms with Gasteiger partial charge in [0.25, 0.3) is 11.8 Å². The molecule has 0 radical (unpaired) electrons. The monoisotopic (exact) mass is 1050 g/mol. The first-order valence-corrected chi connectivity index (χ1v) is 21.8. The van der Waals surface area contributed by atoms with Crippen LogP contribution < -0.4 is 150 Å². The molecule has 0 bridgehead atoms. The Kier molecular flexibility index (Phi) is 23.6. The van der Waals surface area contributed by atoms with Crippen LogP contribution in [0, 0.1) is 13.8 Å². The molecule has 72 heavy (non-hydrogen) atoms. The number of anilines is 4. The molecule has 0 saturated heterocycles. The van der Waals surface area contributed by atoms with Gasteiger partial charge in [0.1, 0.15) is 31.7 Å². The predicted molar refractivity (Wildman–Crippen MR) is 233 cm³/mol. The van der Waals surface area contributed by atoms with Crippen LogP contribution >= 0.6 is 0 Å². The smallest absolute Gasteiger partial charge is 0.744 e. The van der Waals surface area contributed by atoms with E-state index in [0.29, 0.717) is 69.5 Å². The van der Waals surface area contributed by atoms with Crippen molar-refractivity contribution in [2.75, 3.05) is 21.3 Å². The van der Waals surface area contributed by atoms with Gasteiger partial charge in [-0.1, -0.05) is 0 Å². The Morgan fingerprint density at radius 2 is 0.806 bits per heavy atom. The summed E-state index contributed by atoms with van der Waals surface area (Å²) in [6.07, 6.45) is 0. The van der Waals surface area contributed by atoms with Gasteiger partial charge in [0, 0.05) is 33.6 Å². The molecule has 0 aliphatic heterocycles. The molecule has 23 nitrogen and oxygen atoms in total. The number of azo groups is 2. The normalized spacial score (nSPS) is 10.9. The summed E-state index contributed by atoms with van der Waals surface area (Å²) in [5.41, 5.74) is 0.203. The maximum Gasteiger partial charge on any atom is 1.00 e. The van der Waals surface area contributed by atoms with E-state index in [2.05, 4.69) is 41.7 Å². The summed E-state index contributed by atoms with van der Waals surface area (Å²) >= 11 is 0. The second kappa shape index (κ2) is 26.9. The van der Waals surface area contributed by atoms with Gasteiger partial charge in [0.05, 0.1) is 55.9 Å². The Hall–Kier alpha value is -4.91. The molecule has 6 rings (SSSR count). The maximum absolute atomic E-state index is 12.9. The molecule has 4 amide bonds. The van der Waals surface area contributed by atoms with Crippen molar-refractivity contribution in [3.8, 4) is 11.5 Å². The molecule has 6 N–H and O–H groups in total. The van der Waals surface area contributed by atoms with Crippen molar-refractivity contribution < 1.29 is 189 Å². The van der Waals surface area contributed by atoms with E-state index in [1.807, 2.05) is 0 Å². The fourth-order valence-electron chi connectivity index (χ4n) is 5.96. The van der Waals surface area contributed by atoms with Gasteiger partial charge >= 0.3 is 124 Å². The first kappa shape index (κ1) is 63.2. The number of nitrogens with one attached hydrogen (secondary N) is 4. The first-order valence-electron chi connectivity index (χ1n) is 19.0. The van der Waals surface area contributed by atoms with Crippen LogP contribution in [0.25, 0.3) is 0 Å². The summed E-state index contributed by atoms with van der Waals surface area (Å²) in [6, 6.07) is 22.1. The van der Waals surface area contributed by atoms with E-state index in [0.717, 1.165) is 0 Å². The van der Waals surface area contributed by atoms with Crippen LogP contribution in [-0.2, 0) is 20.2 Å². The molecule has 29 heteroatoms. The number of phenols is 2. The van der Waals surface area contributed by atoms with Gasteiger partial charge in [-0.25, -0.2) is 21.6 Å². The van der Waals surface area contributed by atoms with Crippen molar-refractivity contribution in [3.63, 3.8) is 0 Å². The third-order valence-electron chi connectivity index (χ3n) is 9.40. The standard InChI is InChI=1S/C43H34N8O15S2.4Na/c1-21-15-27(11-13-33(21)50-48-25-7-3-23(4-8-25)39(54)46-35-19-29(67(61,62)63)17-31(37(35)52)41(56)57)44-43(60)45-28-12-14-34(22(2)16-28)51-49-26-9-5-24(6-10-26)40(55)47-36-20-30(68(64,65)66)18-32(38(36)53)42(58)59;;;;/h3-20,52-53H,1-2H3,(H,46,54)(H,47,55)(H,56,57)(H,58,59)(H2,44,45,60)(H,61,62,63)(H,64,65,66);;;;/q;4*+1/p-4. The zero-order valence-corrected chi connectivity index (χ0v) is 48.3. The first-order chi connectivity index (χ1) is 32.0. The second-order valence-corrected chi connectivity index (χ2v) is 17.0. The minimum absolute atomic E-state index is 0. The Bertz CT molecular complexity index is 3150. The van der Waals surface area contributed by atoms with Gasteiger partial charge in [-0.3, -0.25) is 9.59 Å². The summed E-state index contributed by atoms with van der Waals surface area (Å²) in [6.45, 7) is 3.45. The van der Waals surface area contributed by atoms with Gasteiger partial charge in [-0.2, -0.15) is 20.5 Å². The number of aromatic carboxylic acids is 2. The van der Waals surface area contributed by atoms with Crippen LogP contribution in [-0.4, -0.2) is 65.9 Å². The fourth-order valence-corrected chi connectivity index (χ4v) is 7.01. The average molecular weight is 1050 g/mol. The van der Waals surface area contributed by atoms with Crippen LogP contribution in [0.3, 0.4) is 0 Å². The number of hydrogen-bond acceptors (Lipinski definition) is 19. The molecule has 0 heterocycles. The summed E-state index contributed by atoms with van der Waals surface area (Å²) in [5, 5.41) is 69.6. The molecule has 0 aliphatic carbocycles. The fraction of sp³-hybridized carbons (Fsp3) is 0.0465. The molecular formula is C43H30N8Na4O15S2. The number of nitrogens with zero attached hydrogens (tertiary/aromatic N) is 4. The second-order valence-electron chi connectivity index (χ2n) is 14.2. The van der Waals surface area contributed by atoms with Crippen molar-refractivity contribution in [2.24, 2.45) is 20.5 Å². The van der Waals surface area contributed by atoms with E-state index in [4.69, 9.17) is 0 Å². The molecule has 0 unspecified atom stereocenters. The largest absolute Gasteiger partial charge is 1.00 e. The summed E-state index contributed by atoms with van der Waals surface area (Å²) < 4.78 is 68.8. The number of carbonyl (C=O) groups is 5. The average Bonchev–Trinajstić information content (AvgIpc) is 3.26. The van der Waals surface area contributed by atoms with E-state index in [1.165, 1.54) is 48.5 Å². The molecule has 0 aromatic heterocycles. The van der Waals surface area contributed by atoms with Gasteiger partial charge in [0.2, 0.25) is 0 Å². The minimum Gasteiger partial charge on any atom is -0.744 e. The van der Waals surface area contributed by atoms with Gasteiger partial charge in [-0.05, 0) is 134 Å². The third-order valence-corrected chi connectivity index (χ3v) is 11.0. The number of aromatic hydroxyl groups is 2. The summed E-state index contributed by atoms with van der Waals surface area (Å²) in [7, 11) is -10.3. The van der Waals surface area contributed by atoms with E-state index >= 15 is 0 Å². The zero-order chi connectivity index (χ0) is 49.7. The topological polar surface area (TPSA) is 384 Å². The Morgan fingerprint density at radius 1 is 0.472 bits per heavy atom. The van der Waals surface area contributed by atoms with E-state index in [9.17, 15) is 70.3 Å². The molecule has 0 fully saturated rings. The number of rotatable bonds is 14. The number of urea groups is 1. The Balaban J connectivity index is 0.00000444. The molecule has 6 aromatic carbocycles. The number of benzene rings is 6. The Morgan fingerprint density at radius 3 is 1.10 bits per heavy atom. The Labute approximate surface area is 497 Å². The van der Waals surface area contributed by atoms with Crippen LogP contribution in [0.5, 0.6) is 11.5 Å². The molecule has 0 atom stereocenters. The number of amides is 4.